The Balaban J connectivity index is 2.14. The minimum atomic E-state index is -0.799. The molecule has 5 nitrogen and oxygen atoms in total. The quantitative estimate of drug-likeness (QED) is 0.668. The Morgan fingerprint density at radius 3 is 2.88 bits per heavy atom. The van der Waals surface area contributed by atoms with Crippen LogP contribution >= 0.6 is 0 Å². The number of nitrogens with zero attached hydrogens (tertiary/aromatic N) is 1. The number of hydrogen-bond acceptors (Lipinski definition) is 5. The lowest BCUT2D eigenvalue weighted by molar-refractivity contribution is 0.0975. The highest BCUT2D eigenvalue weighted by Gasteiger charge is 2.35. The molecule has 1 heterocycles. The van der Waals surface area contributed by atoms with Gasteiger partial charge in [-0.2, -0.15) is 4.91 Å². The van der Waals surface area contributed by atoms with Crippen molar-refractivity contribution in [1.29, 1.82) is 0 Å². The molecule has 0 bridgehead atoms. The Kier molecular flexibility index (Phi) is 1.92. The summed E-state index contributed by atoms with van der Waals surface area (Å²) in [5.41, 5.74) is 1.29. The number of Topliss-reactive ketones (excluding diaryl/α,β-unsaturated/α-hetero) is 1. The maximum Gasteiger partial charge on any atom is 0.191 e. The van der Waals surface area contributed by atoms with Crippen molar-refractivity contribution in [3.63, 3.8) is 0 Å². The molecule has 1 unspecified atom stereocenters. The van der Waals surface area contributed by atoms with Gasteiger partial charge in [0.2, 0.25) is 0 Å². The molecule has 3 rings (SSSR count). The lowest BCUT2D eigenvalue weighted by Gasteiger charge is -2.20. The molecule has 0 aromatic heterocycles. The molecular weight excluding hydrogens is 210 g/mol. The first-order chi connectivity index (χ1) is 7.81. The first-order valence-electron chi connectivity index (χ1n) is 5.09. The van der Waals surface area contributed by atoms with E-state index in [0.717, 1.165) is 5.56 Å². The number of carbonyl (C=O) groups is 1. The van der Waals surface area contributed by atoms with E-state index in [2.05, 4.69) is 5.18 Å². The summed E-state index contributed by atoms with van der Waals surface area (Å²) in [6.07, 6.45) is 0.324. The lowest BCUT2D eigenvalue weighted by Crippen LogP contribution is -2.16. The fourth-order valence-corrected chi connectivity index (χ4v) is 2.16. The third-order valence-electron chi connectivity index (χ3n) is 2.90. The average Bonchev–Trinajstić information content (AvgIpc) is 2.67. The summed E-state index contributed by atoms with van der Waals surface area (Å²) in [5, 5.41) is 2.84. The predicted octanol–water partition coefficient (Wildman–Crippen LogP) is 1.33. The second-order valence-electron chi connectivity index (χ2n) is 3.81. The molecule has 0 spiro atoms. The Labute approximate surface area is 91.3 Å². The van der Waals surface area contributed by atoms with Gasteiger partial charge < -0.3 is 9.47 Å². The van der Waals surface area contributed by atoms with E-state index in [-0.39, 0.29) is 5.78 Å². The maximum atomic E-state index is 11.7. The highest BCUT2D eigenvalue weighted by atomic mass is 16.6. The number of hydrogen-bond donors (Lipinski definition) is 0. The number of ketones is 1. The molecule has 0 saturated heterocycles. The minimum absolute atomic E-state index is 0.220. The Morgan fingerprint density at radius 2 is 2.06 bits per heavy atom. The Hall–Kier alpha value is -1.91. The van der Waals surface area contributed by atoms with Crippen LogP contribution in [0.15, 0.2) is 17.3 Å². The van der Waals surface area contributed by atoms with Gasteiger partial charge in [0.25, 0.3) is 0 Å². The van der Waals surface area contributed by atoms with Crippen molar-refractivity contribution < 1.29 is 14.3 Å². The number of nitroso groups, excluding NO2 is 1. The SMILES string of the molecule is O=NC1Cc2c(ccc3c2OCCO3)C1=O. The van der Waals surface area contributed by atoms with E-state index in [1.807, 2.05) is 0 Å². The number of ether oxygens (including phenoxy) is 2. The third kappa shape index (κ3) is 1.14. The van der Waals surface area contributed by atoms with Gasteiger partial charge in [-0.1, -0.05) is 5.18 Å². The van der Waals surface area contributed by atoms with E-state index in [9.17, 15) is 9.70 Å². The van der Waals surface area contributed by atoms with Crippen LogP contribution in [0.25, 0.3) is 0 Å². The van der Waals surface area contributed by atoms with Crippen LogP contribution in [-0.4, -0.2) is 25.0 Å². The Morgan fingerprint density at radius 1 is 1.25 bits per heavy atom. The smallest absolute Gasteiger partial charge is 0.191 e. The molecule has 0 radical (unpaired) electrons. The summed E-state index contributed by atoms with van der Waals surface area (Å²) >= 11 is 0. The monoisotopic (exact) mass is 219 g/mol. The van der Waals surface area contributed by atoms with Gasteiger partial charge in [-0.25, -0.2) is 0 Å². The zero-order valence-corrected chi connectivity index (χ0v) is 8.43. The van der Waals surface area contributed by atoms with Crippen LogP contribution in [0.5, 0.6) is 11.5 Å². The summed E-state index contributed by atoms with van der Waals surface area (Å²) < 4.78 is 10.9. The van der Waals surface area contributed by atoms with Gasteiger partial charge >= 0.3 is 0 Å². The topological polar surface area (TPSA) is 65.0 Å². The number of benzene rings is 1. The first kappa shape index (κ1) is 9.33. The summed E-state index contributed by atoms with van der Waals surface area (Å²) in [7, 11) is 0. The second kappa shape index (κ2) is 3.30. The van der Waals surface area contributed by atoms with E-state index in [1.54, 1.807) is 12.1 Å². The molecule has 16 heavy (non-hydrogen) atoms. The zero-order valence-electron chi connectivity index (χ0n) is 8.43. The van der Waals surface area contributed by atoms with Crippen LogP contribution < -0.4 is 9.47 Å². The standard InChI is InChI=1S/C11H9NO4/c13-10-6-1-2-9-11(16-4-3-15-9)7(6)5-8(10)12-14/h1-2,8H,3-5H2. The minimum Gasteiger partial charge on any atom is -0.486 e. The molecule has 2 aliphatic rings. The van der Waals surface area contributed by atoms with Crippen LogP contribution in [0.4, 0.5) is 0 Å². The van der Waals surface area contributed by atoms with Gasteiger partial charge in [0.15, 0.2) is 23.3 Å². The van der Waals surface area contributed by atoms with Crippen molar-refractivity contribution in [1.82, 2.24) is 0 Å². The van der Waals surface area contributed by atoms with E-state index in [4.69, 9.17) is 9.47 Å². The van der Waals surface area contributed by atoms with Crippen LogP contribution in [0, 0.1) is 4.91 Å². The third-order valence-corrected chi connectivity index (χ3v) is 2.90. The lowest BCUT2D eigenvalue weighted by atomic mass is 10.1. The summed E-state index contributed by atoms with van der Waals surface area (Å²) in [4.78, 5) is 22.2. The van der Waals surface area contributed by atoms with E-state index in [0.29, 0.717) is 36.7 Å². The van der Waals surface area contributed by atoms with Gasteiger partial charge in [0.05, 0.1) is 0 Å². The van der Waals surface area contributed by atoms with Gasteiger partial charge in [0, 0.05) is 17.5 Å². The molecular formula is C11H9NO4. The van der Waals surface area contributed by atoms with Gasteiger partial charge in [-0.15, -0.1) is 0 Å². The van der Waals surface area contributed by atoms with Crippen molar-refractivity contribution in [2.24, 2.45) is 5.18 Å². The average molecular weight is 219 g/mol. The van der Waals surface area contributed by atoms with Gasteiger partial charge in [-0.05, 0) is 12.1 Å². The van der Waals surface area contributed by atoms with Crippen molar-refractivity contribution in [2.45, 2.75) is 12.5 Å². The van der Waals surface area contributed by atoms with Crippen molar-refractivity contribution in [3.8, 4) is 11.5 Å². The van der Waals surface area contributed by atoms with E-state index in [1.165, 1.54) is 0 Å². The molecule has 1 aromatic carbocycles. The van der Waals surface area contributed by atoms with Gasteiger partial charge in [-0.3, -0.25) is 4.79 Å². The number of fused-ring (bicyclic) bond motifs is 3. The fourth-order valence-electron chi connectivity index (χ4n) is 2.16. The summed E-state index contributed by atoms with van der Waals surface area (Å²) in [6.45, 7) is 0.978. The molecule has 5 heteroatoms. The zero-order chi connectivity index (χ0) is 11.1. The van der Waals surface area contributed by atoms with Crippen LogP contribution in [0.1, 0.15) is 15.9 Å². The highest BCUT2D eigenvalue weighted by molar-refractivity contribution is 6.05. The molecule has 1 aromatic rings. The number of rotatable bonds is 1. The second-order valence-corrected chi connectivity index (χ2v) is 3.81. The maximum absolute atomic E-state index is 11.7. The van der Waals surface area contributed by atoms with Gasteiger partial charge in [0.1, 0.15) is 13.2 Å². The molecule has 0 amide bonds. The first-order valence-corrected chi connectivity index (χ1v) is 5.09. The summed E-state index contributed by atoms with van der Waals surface area (Å²) in [6, 6.07) is 2.58. The fraction of sp³-hybridized carbons (Fsp3) is 0.364. The highest BCUT2D eigenvalue weighted by Crippen LogP contribution is 2.40. The molecule has 1 aliphatic heterocycles. The molecule has 0 N–H and O–H groups in total. The van der Waals surface area contributed by atoms with Crippen LogP contribution in [0.2, 0.25) is 0 Å². The number of carbonyl (C=O) groups excluding carboxylic acids is 1. The molecule has 1 aliphatic carbocycles. The normalized spacial score (nSPS) is 21.8. The molecule has 0 saturated carbocycles. The Bertz CT molecular complexity index is 483. The predicted molar refractivity (Wildman–Crippen MR) is 55.0 cm³/mol. The van der Waals surface area contributed by atoms with Crippen LogP contribution in [0.3, 0.4) is 0 Å². The molecule has 82 valence electrons. The summed E-state index contributed by atoms with van der Waals surface area (Å²) in [5.74, 6) is 1.02. The van der Waals surface area contributed by atoms with Crippen molar-refractivity contribution in [3.05, 3.63) is 28.2 Å². The largest absolute Gasteiger partial charge is 0.486 e. The molecule has 0 fully saturated rings. The van der Waals surface area contributed by atoms with Crippen molar-refractivity contribution >= 4 is 5.78 Å². The van der Waals surface area contributed by atoms with Crippen LogP contribution in [-0.2, 0) is 6.42 Å². The molecule has 1 atom stereocenters. The van der Waals surface area contributed by atoms with Crippen molar-refractivity contribution in [2.75, 3.05) is 13.2 Å². The van der Waals surface area contributed by atoms with E-state index < -0.39 is 6.04 Å². The van der Waals surface area contributed by atoms with E-state index >= 15 is 0 Å².